The maximum Gasteiger partial charge on any atom is 0.0614 e. The van der Waals surface area contributed by atoms with E-state index in [0.717, 1.165) is 12.2 Å². The highest BCUT2D eigenvalue weighted by Crippen LogP contribution is 2.31. The molecule has 0 fully saturated rings. The summed E-state index contributed by atoms with van der Waals surface area (Å²) in [6.07, 6.45) is 0. The van der Waals surface area contributed by atoms with Crippen LogP contribution in [0.15, 0.2) is 18.2 Å². The molecule has 96 valence electrons. The van der Waals surface area contributed by atoms with Gasteiger partial charge in [-0.1, -0.05) is 23.2 Å². The molecule has 0 atom stereocenters. The molecular weight excluding hydrogens is 287 g/mol. The third-order valence-electron chi connectivity index (χ3n) is 2.76. The monoisotopic (exact) mass is 300 g/mol. The highest BCUT2D eigenvalue weighted by molar-refractivity contribution is 7.12. The zero-order valence-corrected chi connectivity index (χ0v) is 12.5. The van der Waals surface area contributed by atoms with Crippen LogP contribution >= 0.6 is 34.5 Å². The van der Waals surface area contributed by atoms with E-state index in [4.69, 9.17) is 28.9 Å². The van der Waals surface area contributed by atoms with E-state index >= 15 is 0 Å². The molecule has 0 amide bonds. The number of thiophene rings is 1. The highest BCUT2D eigenvalue weighted by atomic mass is 35.5. The van der Waals surface area contributed by atoms with Crippen molar-refractivity contribution in [1.82, 2.24) is 0 Å². The summed E-state index contributed by atoms with van der Waals surface area (Å²) in [5.41, 5.74) is 8.62. The van der Waals surface area contributed by atoms with Crippen LogP contribution in [-0.2, 0) is 6.54 Å². The Morgan fingerprint density at radius 3 is 2.44 bits per heavy atom. The molecule has 0 saturated heterocycles. The van der Waals surface area contributed by atoms with E-state index in [-0.39, 0.29) is 0 Å². The summed E-state index contributed by atoms with van der Waals surface area (Å²) >= 11 is 13.6. The third kappa shape index (κ3) is 2.91. The summed E-state index contributed by atoms with van der Waals surface area (Å²) in [6.45, 7) is 4.97. The third-order valence-corrected chi connectivity index (χ3v) is 4.64. The van der Waals surface area contributed by atoms with Crippen LogP contribution in [0.3, 0.4) is 0 Å². The van der Waals surface area contributed by atoms with Crippen LogP contribution in [0.1, 0.15) is 15.3 Å². The van der Waals surface area contributed by atoms with Crippen LogP contribution in [0, 0.1) is 13.8 Å². The van der Waals surface area contributed by atoms with Gasteiger partial charge in [-0.05, 0) is 37.6 Å². The van der Waals surface area contributed by atoms with Gasteiger partial charge in [0.25, 0.3) is 0 Å². The minimum Gasteiger partial charge on any atom is -0.397 e. The van der Waals surface area contributed by atoms with Gasteiger partial charge in [0, 0.05) is 16.3 Å². The Balaban J connectivity index is 2.13. The standard InChI is InChI=1S/C13H14Cl2N2S/c1-7-3-9(18-8(7)2)6-17-13-5-11(15)10(14)4-12(13)16/h3-5,17H,6,16H2,1-2H3. The molecule has 0 aliphatic rings. The zero-order chi connectivity index (χ0) is 13.3. The topological polar surface area (TPSA) is 38.0 Å². The largest absolute Gasteiger partial charge is 0.397 e. The fraction of sp³-hybridized carbons (Fsp3) is 0.231. The molecule has 2 nitrogen and oxygen atoms in total. The van der Waals surface area contributed by atoms with E-state index in [0.29, 0.717) is 15.7 Å². The van der Waals surface area contributed by atoms with Crippen LogP contribution in [-0.4, -0.2) is 0 Å². The minimum atomic E-state index is 0.475. The molecule has 1 heterocycles. The maximum absolute atomic E-state index is 5.97. The van der Waals surface area contributed by atoms with E-state index in [9.17, 15) is 0 Å². The van der Waals surface area contributed by atoms with Crippen molar-refractivity contribution in [2.24, 2.45) is 0 Å². The minimum absolute atomic E-state index is 0.475. The summed E-state index contributed by atoms with van der Waals surface area (Å²) in [4.78, 5) is 2.62. The van der Waals surface area contributed by atoms with Gasteiger partial charge in [0.05, 0.1) is 21.4 Å². The van der Waals surface area contributed by atoms with Crippen molar-refractivity contribution in [3.05, 3.63) is 43.6 Å². The van der Waals surface area contributed by atoms with Crippen molar-refractivity contribution in [3.8, 4) is 0 Å². The van der Waals surface area contributed by atoms with Gasteiger partial charge < -0.3 is 11.1 Å². The summed E-state index contributed by atoms with van der Waals surface area (Å²) < 4.78 is 0. The predicted octanol–water partition coefficient (Wildman–Crippen LogP) is 4.87. The molecule has 3 N–H and O–H groups in total. The van der Waals surface area contributed by atoms with Gasteiger partial charge in [0.15, 0.2) is 0 Å². The van der Waals surface area contributed by atoms with Crippen molar-refractivity contribution >= 4 is 45.9 Å². The number of benzene rings is 1. The fourth-order valence-electron chi connectivity index (χ4n) is 1.63. The summed E-state index contributed by atoms with van der Waals surface area (Å²) in [7, 11) is 0. The lowest BCUT2D eigenvalue weighted by Gasteiger charge is -2.09. The van der Waals surface area contributed by atoms with Crippen LogP contribution in [0.4, 0.5) is 11.4 Å². The zero-order valence-electron chi connectivity index (χ0n) is 10.2. The van der Waals surface area contributed by atoms with Gasteiger partial charge >= 0.3 is 0 Å². The van der Waals surface area contributed by atoms with Crippen molar-refractivity contribution < 1.29 is 0 Å². The number of aryl methyl sites for hydroxylation is 2. The number of anilines is 2. The van der Waals surface area contributed by atoms with Gasteiger partial charge in [0.1, 0.15) is 0 Å². The number of nitrogens with one attached hydrogen (secondary N) is 1. The number of nitrogens with two attached hydrogens (primary N) is 1. The van der Waals surface area contributed by atoms with E-state index < -0.39 is 0 Å². The Morgan fingerprint density at radius 1 is 1.17 bits per heavy atom. The Kier molecular flexibility index (Phi) is 4.05. The SMILES string of the molecule is Cc1cc(CNc2cc(Cl)c(Cl)cc2N)sc1C. The first-order valence-corrected chi connectivity index (χ1v) is 7.09. The quantitative estimate of drug-likeness (QED) is 0.794. The second kappa shape index (κ2) is 5.39. The van der Waals surface area contributed by atoms with E-state index in [1.807, 2.05) is 0 Å². The lowest BCUT2D eigenvalue weighted by molar-refractivity contribution is 1.19. The molecule has 1 aromatic heterocycles. The first-order chi connectivity index (χ1) is 8.47. The van der Waals surface area contributed by atoms with Crippen LogP contribution in [0.5, 0.6) is 0 Å². The van der Waals surface area contributed by atoms with Gasteiger partial charge in [-0.2, -0.15) is 0 Å². The molecule has 0 aliphatic carbocycles. The first-order valence-electron chi connectivity index (χ1n) is 5.51. The number of hydrogen-bond acceptors (Lipinski definition) is 3. The molecule has 0 bridgehead atoms. The van der Waals surface area contributed by atoms with Gasteiger partial charge in [-0.3, -0.25) is 0 Å². The summed E-state index contributed by atoms with van der Waals surface area (Å²) in [6, 6.07) is 5.60. The molecule has 0 spiro atoms. The number of hydrogen-bond donors (Lipinski definition) is 2. The van der Waals surface area contributed by atoms with Crippen LogP contribution < -0.4 is 11.1 Å². The van der Waals surface area contributed by atoms with E-state index in [2.05, 4.69) is 25.2 Å². The van der Waals surface area contributed by atoms with E-state index in [1.54, 1.807) is 23.5 Å². The molecule has 5 heteroatoms. The summed E-state index contributed by atoms with van der Waals surface area (Å²) in [5, 5.41) is 4.26. The Morgan fingerprint density at radius 2 is 1.83 bits per heavy atom. The molecule has 0 saturated carbocycles. The van der Waals surface area contributed by atoms with Gasteiger partial charge in [0.2, 0.25) is 0 Å². The fourth-order valence-corrected chi connectivity index (χ4v) is 2.96. The Hall–Kier alpha value is -0.900. The molecule has 0 aliphatic heterocycles. The number of halogens is 2. The second-order valence-corrected chi connectivity index (χ2v) is 6.31. The van der Waals surface area contributed by atoms with Crippen molar-refractivity contribution in [2.75, 3.05) is 11.1 Å². The predicted molar refractivity (Wildman–Crippen MR) is 82.0 cm³/mol. The highest BCUT2D eigenvalue weighted by Gasteiger charge is 2.06. The van der Waals surface area contributed by atoms with Gasteiger partial charge in [-0.25, -0.2) is 0 Å². The average Bonchev–Trinajstić information content (AvgIpc) is 2.62. The smallest absolute Gasteiger partial charge is 0.0614 e. The first kappa shape index (κ1) is 13.5. The lowest BCUT2D eigenvalue weighted by atomic mass is 10.2. The number of rotatable bonds is 3. The molecule has 2 aromatic rings. The average molecular weight is 301 g/mol. The number of nitrogen functional groups attached to an aromatic ring is 1. The maximum atomic E-state index is 5.97. The second-order valence-electron chi connectivity index (χ2n) is 4.16. The Labute approximate surface area is 121 Å². The van der Waals surface area contributed by atoms with Crippen molar-refractivity contribution in [1.29, 1.82) is 0 Å². The van der Waals surface area contributed by atoms with Crippen molar-refractivity contribution in [3.63, 3.8) is 0 Å². The molecule has 2 rings (SSSR count). The van der Waals surface area contributed by atoms with Crippen LogP contribution in [0.2, 0.25) is 10.0 Å². The van der Waals surface area contributed by atoms with Crippen molar-refractivity contribution in [2.45, 2.75) is 20.4 Å². The Bertz CT molecular complexity index is 559. The molecular formula is C13H14Cl2N2S. The van der Waals surface area contributed by atoms with Gasteiger partial charge in [-0.15, -0.1) is 11.3 Å². The normalized spacial score (nSPS) is 10.7. The molecule has 0 radical (unpaired) electrons. The van der Waals surface area contributed by atoms with Crippen LogP contribution in [0.25, 0.3) is 0 Å². The molecule has 1 aromatic carbocycles. The lowest BCUT2D eigenvalue weighted by Crippen LogP contribution is -2.01. The molecule has 18 heavy (non-hydrogen) atoms. The van der Waals surface area contributed by atoms with E-state index in [1.165, 1.54) is 15.3 Å². The summed E-state index contributed by atoms with van der Waals surface area (Å²) in [5.74, 6) is 0. The molecule has 0 unspecified atom stereocenters.